The van der Waals surface area contributed by atoms with Gasteiger partial charge in [-0.3, -0.25) is 9.10 Å². The highest BCUT2D eigenvalue weighted by Crippen LogP contribution is 2.34. The molecular weight excluding hydrogens is 424 g/mol. The molecule has 0 aliphatic carbocycles. The van der Waals surface area contributed by atoms with E-state index in [2.05, 4.69) is 5.32 Å². The molecule has 0 spiro atoms. The maximum absolute atomic E-state index is 13.1. The predicted octanol–water partition coefficient (Wildman–Crippen LogP) is 3.88. The van der Waals surface area contributed by atoms with E-state index in [1.165, 1.54) is 49.0 Å². The summed E-state index contributed by atoms with van der Waals surface area (Å²) in [5, 5.41) is 3.67. The van der Waals surface area contributed by atoms with Crippen LogP contribution in [0.5, 0.6) is 11.5 Å². The summed E-state index contributed by atoms with van der Waals surface area (Å²) >= 11 is 1.38. The molecule has 0 saturated carbocycles. The molecular formula is C21H24N2O5S2. The number of ether oxygens (including phenoxy) is 2. The number of rotatable bonds is 8. The topological polar surface area (TPSA) is 84.9 Å². The minimum absolute atomic E-state index is 0.0905. The Bertz CT molecular complexity index is 1170. The van der Waals surface area contributed by atoms with Crippen LogP contribution in [0.1, 0.15) is 23.0 Å². The third-order valence-electron chi connectivity index (χ3n) is 4.64. The number of carbonyl (C=O) groups excluding carboxylic acids is 1. The van der Waals surface area contributed by atoms with Crippen LogP contribution in [0.15, 0.2) is 47.4 Å². The van der Waals surface area contributed by atoms with Gasteiger partial charge >= 0.3 is 0 Å². The highest BCUT2D eigenvalue weighted by atomic mass is 32.2. The van der Waals surface area contributed by atoms with E-state index in [4.69, 9.17) is 9.47 Å². The van der Waals surface area contributed by atoms with Gasteiger partial charge in [-0.25, -0.2) is 8.42 Å². The van der Waals surface area contributed by atoms with Crippen molar-refractivity contribution in [2.45, 2.75) is 18.2 Å². The molecule has 0 aliphatic heterocycles. The van der Waals surface area contributed by atoms with E-state index in [1.807, 2.05) is 13.0 Å². The molecule has 1 amide bonds. The highest BCUT2D eigenvalue weighted by molar-refractivity contribution is 7.92. The fraction of sp³-hybridized carbons (Fsp3) is 0.286. The number of nitrogens with zero attached hydrogens (tertiary/aromatic N) is 1. The van der Waals surface area contributed by atoms with E-state index in [0.717, 1.165) is 16.5 Å². The van der Waals surface area contributed by atoms with Crippen LogP contribution in [-0.2, 0) is 10.0 Å². The molecule has 30 heavy (non-hydrogen) atoms. The first-order chi connectivity index (χ1) is 14.3. The van der Waals surface area contributed by atoms with Crippen LogP contribution in [0.2, 0.25) is 0 Å². The molecule has 3 rings (SSSR count). The van der Waals surface area contributed by atoms with Gasteiger partial charge in [0.05, 0.1) is 29.7 Å². The lowest BCUT2D eigenvalue weighted by atomic mass is 10.2. The van der Waals surface area contributed by atoms with E-state index in [-0.39, 0.29) is 10.8 Å². The summed E-state index contributed by atoms with van der Waals surface area (Å²) in [5.41, 5.74) is 0.496. The van der Waals surface area contributed by atoms with Gasteiger partial charge in [0.15, 0.2) is 11.5 Å². The Hall–Kier alpha value is -2.78. The molecule has 0 aliphatic rings. The maximum atomic E-state index is 13.1. The average Bonchev–Trinajstić information content (AvgIpc) is 3.19. The van der Waals surface area contributed by atoms with Crippen molar-refractivity contribution in [1.82, 2.24) is 5.32 Å². The first-order valence-electron chi connectivity index (χ1n) is 9.34. The minimum atomic E-state index is -3.82. The molecule has 0 atom stereocenters. The number of methoxy groups -OCH3 is 2. The van der Waals surface area contributed by atoms with Gasteiger partial charge in [0.1, 0.15) is 0 Å². The third-order valence-corrected chi connectivity index (χ3v) is 7.53. The number of benzene rings is 2. The number of sulfonamides is 1. The van der Waals surface area contributed by atoms with Crippen LogP contribution in [0.3, 0.4) is 0 Å². The molecule has 0 saturated heterocycles. The fourth-order valence-corrected chi connectivity index (χ4v) is 5.10. The second kappa shape index (κ2) is 8.93. The fourth-order valence-electron chi connectivity index (χ4n) is 2.94. The van der Waals surface area contributed by atoms with Crippen LogP contribution < -0.4 is 19.1 Å². The smallest absolute Gasteiger partial charge is 0.264 e. The van der Waals surface area contributed by atoms with Crippen molar-refractivity contribution in [3.05, 3.63) is 47.3 Å². The zero-order chi connectivity index (χ0) is 21.9. The first kappa shape index (κ1) is 21.9. The van der Waals surface area contributed by atoms with E-state index in [0.29, 0.717) is 28.6 Å². The van der Waals surface area contributed by atoms with Crippen LogP contribution >= 0.6 is 11.3 Å². The van der Waals surface area contributed by atoms with Crippen molar-refractivity contribution in [3.63, 3.8) is 0 Å². The van der Waals surface area contributed by atoms with Gasteiger partial charge < -0.3 is 14.8 Å². The maximum Gasteiger partial charge on any atom is 0.264 e. The number of nitrogens with one attached hydrogen (secondary N) is 1. The molecule has 0 radical (unpaired) electrons. The summed E-state index contributed by atoms with van der Waals surface area (Å²) in [4.78, 5) is 12.9. The van der Waals surface area contributed by atoms with Gasteiger partial charge in [-0.1, -0.05) is 6.92 Å². The molecule has 0 fully saturated rings. The Labute approximate surface area is 180 Å². The number of hydrogen-bond acceptors (Lipinski definition) is 6. The predicted molar refractivity (Wildman–Crippen MR) is 120 cm³/mol. The second-order valence-corrected chi connectivity index (χ2v) is 9.63. The second-order valence-electron chi connectivity index (χ2n) is 6.58. The van der Waals surface area contributed by atoms with Gasteiger partial charge in [-0.2, -0.15) is 0 Å². The Morgan fingerprint density at radius 3 is 2.47 bits per heavy atom. The standard InChI is InChI=1S/C21H24N2O5S2/c1-5-10-22-21(24)20-12-14-11-15(6-9-19(14)29-20)23(2)30(25,26)16-7-8-17(27-3)18(13-16)28-4/h6-9,11-13H,5,10H2,1-4H3,(H,22,24). The molecule has 1 heterocycles. The normalized spacial score (nSPS) is 11.3. The summed E-state index contributed by atoms with van der Waals surface area (Å²) in [6.07, 6.45) is 0.861. The van der Waals surface area contributed by atoms with Gasteiger partial charge in [-0.15, -0.1) is 11.3 Å². The first-order valence-corrected chi connectivity index (χ1v) is 11.6. The SMILES string of the molecule is CCCNC(=O)c1cc2cc(N(C)S(=O)(=O)c3ccc(OC)c(OC)c3)ccc2s1. The Balaban J connectivity index is 1.93. The van der Waals surface area contributed by atoms with E-state index >= 15 is 0 Å². The van der Waals surface area contributed by atoms with Crippen molar-refractivity contribution >= 4 is 43.0 Å². The summed E-state index contributed by atoms with van der Waals surface area (Å²) in [7, 11) is 0.623. The van der Waals surface area contributed by atoms with Crippen molar-refractivity contribution in [2.75, 3.05) is 32.1 Å². The average molecular weight is 449 g/mol. The third kappa shape index (κ3) is 4.22. The van der Waals surface area contributed by atoms with E-state index in [9.17, 15) is 13.2 Å². The van der Waals surface area contributed by atoms with Crippen LogP contribution in [-0.4, -0.2) is 42.1 Å². The van der Waals surface area contributed by atoms with Gasteiger partial charge in [-0.05, 0) is 48.2 Å². The van der Waals surface area contributed by atoms with Crippen molar-refractivity contribution < 1.29 is 22.7 Å². The molecule has 0 bridgehead atoms. The van der Waals surface area contributed by atoms with Crippen LogP contribution in [0.4, 0.5) is 5.69 Å². The molecule has 9 heteroatoms. The number of amides is 1. The van der Waals surface area contributed by atoms with E-state index < -0.39 is 10.0 Å². The molecule has 1 N–H and O–H groups in total. The number of carbonyl (C=O) groups is 1. The molecule has 1 aromatic heterocycles. The van der Waals surface area contributed by atoms with Gasteiger partial charge in [0.25, 0.3) is 15.9 Å². The number of hydrogen-bond donors (Lipinski definition) is 1. The lowest BCUT2D eigenvalue weighted by Crippen LogP contribution is -2.26. The summed E-state index contributed by atoms with van der Waals surface area (Å²) < 4.78 is 38.8. The van der Waals surface area contributed by atoms with E-state index in [1.54, 1.807) is 24.3 Å². The Kier molecular flexibility index (Phi) is 6.52. The zero-order valence-corrected chi connectivity index (χ0v) is 18.9. The summed E-state index contributed by atoms with van der Waals surface area (Å²) in [6, 6.07) is 11.6. The molecule has 160 valence electrons. The van der Waals surface area contributed by atoms with Gasteiger partial charge in [0.2, 0.25) is 0 Å². The summed E-state index contributed by atoms with van der Waals surface area (Å²) in [6.45, 7) is 2.61. The highest BCUT2D eigenvalue weighted by Gasteiger charge is 2.23. The number of thiophene rings is 1. The zero-order valence-electron chi connectivity index (χ0n) is 17.3. The summed E-state index contributed by atoms with van der Waals surface area (Å²) in [5.74, 6) is 0.668. The monoisotopic (exact) mass is 448 g/mol. The van der Waals surface area contributed by atoms with Crippen molar-refractivity contribution in [1.29, 1.82) is 0 Å². The molecule has 3 aromatic rings. The minimum Gasteiger partial charge on any atom is -0.493 e. The number of fused-ring (bicyclic) bond motifs is 1. The van der Waals surface area contributed by atoms with Gasteiger partial charge in [0, 0.05) is 24.4 Å². The molecule has 0 unspecified atom stereocenters. The lowest BCUT2D eigenvalue weighted by Gasteiger charge is -2.20. The lowest BCUT2D eigenvalue weighted by molar-refractivity contribution is 0.0957. The molecule has 7 nitrogen and oxygen atoms in total. The number of anilines is 1. The largest absolute Gasteiger partial charge is 0.493 e. The van der Waals surface area contributed by atoms with Crippen molar-refractivity contribution in [2.24, 2.45) is 0 Å². The van der Waals surface area contributed by atoms with Crippen LogP contribution in [0, 0.1) is 0 Å². The Morgan fingerprint density at radius 2 is 1.80 bits per heavy atom. The quantitative estimate of drug-likeness (QED) is 0.565. The van der Waals surface area contributed by atoms with Crippen molar-refractivity contribution in [3.8, 4) is 11.5 Å². The molecule has 2 aromatic carbocycles. The Morgan fingerprint density at radius 1 is 1.07 bits per heavy atom. The van der Waals surface area contributed by atoms with Crippen LogP contribution in [0.25, 0.3) is 10.1 Å².